The molecule has 10 amide bonds. The van der Waals surface area contributed by atoms with Crippen molar-refractivity contribution in [2.24, 2.45) is 45.7 Å². The average molecular weight is 1420 g/mol. The van der Waals surface area contributed by atoms with Crippen LogP contribution in [0.5, 0.6) is 5.75 Å². The second-order valence-corrected chi connectivity index (χ2v) is 25.8. The zero-order chi connectivity index (χ0) is 74.5. The summed E-state index contributed by atoms with van der Waals surface area (Å²) in [5, 5.41) is 82.7. The predicted molar refractivity (Wildman–Crippen MR) is 359 cm³/mol. The van der Waals surface area contributed by atoms with Gasteiger partial charge in [0.2, 0.25) is 41.4 Å². The number of urea groups is 1. The van der Waals surface area contributed by atoms with E-state index in [4.69, 9.17) is 28.3 Å². The fraction of sp³-hybridized carbons (Fsp3) is 0.667. The average Bonchev–Trinajstić information content (AvgIpc) is 1.54. The van der Waals surface area contributed by atoms with Gasteiger partial charge in [-0.3, -0.25) is 68.1 Å². The van der Waals surface area contributed by atoms with Crippen molar-refractivity contribution in [1.29, 1.82) is 5.41 Å². The quantitative estimate of drug-likeness (QED) is 0.0179. The number of likely N-dealkylation sites (tertiary alicyclic amines) is 3. The van der Waals surface area contributed by atoms with Crippen molar-refractivity contribution in [3.05, 3.63) is 29.8 Å². The van der Waals surface area contributed by atoms with Crippen LogP contribution in [-0.2, 0) is 59.2 Å². The Bertz CT molecular complexity index is 3020. The Kier molecular flexibility index (Phi) is 34.0. The monoisotopic (exact) mass is 1410 g/mol. The molecule has 0 radical (unpaired) electrons. The highest BCUT2D eigenvalue weighted by atomic mass is 16.4. The number of carboxylic acid groups (broad SMARTS) is 5. The molecule has 3 fully saturated rings. The molecule has 3 aliphatic heterocycles. The van der Waals surface area contributed by atoms with E-state index in [0.717, 1.165) is 9.80 Å². The molecule has 3 heterocycles. The largest absolute Gasteiger partial charge is 0.508 e. The number of rotatable bonds is 41. The molecule has 0 saturated carbocycles. The number of aliphatic imine (C=N–C) groups is 1. The summed E-state index contributed by atoms with van der Waals surface area (Å²) in [5.74, 6) is -12.9. The highest BCUT2D eigenvalue weighted by molar-refractivity contribution is 5.99. The lowest BCUT2D eigenvalue weighted by Crippen LogP contribution is -2.62. The van der Waals surface area contributed by atoms with Gasteiger partial charge in [0, 0.05) is 65.3 Å². The number of aromatic hydroxyl groups is 1. The Labute approximate surface area is 579 Å². The second kappa shape index (κ2) is 41.0. The number of aliphatic carboxylic acids is 4. The minimum absolute atomic E-state index is 0.000136. The van der Waals surface area contributed by atoms with Crippen LogP contribution >= 0.6 is 0 Å². The minimum Gasteiger partial charge on any atom is -0.508 e. The lowest BCUT2D eigenvalue weighted by atomic mass is 9.88. The number of hydrogen-bond donors (Lipinski definition) is 17. The summed E-state index contributed by atoms with van der Waals surface area (Å²) in [6.45, 7) is 3.72. The van der Waals surface area contributed by atoms with Crippen LogP contribution in [0.2, 0.25) is 0 Å². The smallest absolute Gasteiger partial charge is 0.415 e. The van der Waals surface area contributed by atoms with E-state index >= 15 is 9.59 Å². The third kappa shape index (κ3) is 26.9. The van der Waals surface area contributed by atoms with Gasteiger partial charge in [-0.15, -0.1) is 0 Å². The van der Waals surface area contributed by atoms with Gasteiger partial charge in [0.05, 0.1) is 19.6 Å². The van der Waals surface area contributed by atoms with Gasteiger partial charge >= 0.3 is 36.0 Å². The van der Waals surface area contributed by atoms with Gasteiger partial charge in [-0.1, -0.05) is 46.2 Å². The molecule has 0 aliphatic carbocycles. The molecule has 100 heavy (non-hydrogen) atoms. The van der Waals surface area contributed by atoms with Crippen LogP contribution in [0.25, 0.3) is 0 Å². The molecule has 21 N–H and O–H groups in total. The normalized spacial score (nSPS) is 17.5. The summed E-state index contributed by atoms with van der Waals surface area (Å²) in [6, 6.07) is -6.30. The van der Waals surface area contributed by atoms with E-state index in [2.05, 4.69) is 36.9 Å². The van der Waals surface area contributed by atoms with Crippen molar-refractivity contribution in [3.63, 3.8) is 0 Å². The molecule has 1 aromatic carbocycles. The highest BCUT2D eigenvalue weighted by Crippen LogP contribution is 2.26. The summed E-state index contributed by atoms with van der Waals surface area (Å²) in [6.07, 6.45) is -0.00899. The first kappa shape index (κ1) is 82.8. The molecule has 9 atom stereocenters. The number of nitrogens with two attached hydrogens (primary N) is 4. The van der Waals surface area contributed by atoms with E-state index in [1.165, 1.54) is 34.1 Å². The number of carbonyl (C=O) groups is 13. The van der Waals surface area contributed by atoms with E-state index in [0.29, 0.717) is 23.3 Å². The molecule has 558 valence electrons. The first-order valence-corrected chi connectivity index (χ1v) is 33.6. The molecule has 37 nitrogen and oxygen atoms in total. The number of guanidine groups is 2. The third-order valence-corrected chi connectivity index (χ3v) is 17.8. The maximum atomic E-state index is 15.1. The van der Waals surface area contributed by atoms with Crippen LogP contribution in [0.4, 0.5) is 9.59 Å². The Hall–Kier alpha value is -9.65. The number of nitrogens with one attached hydrogen (secondary N) is 7. The highest BCUT2D eigenvalue weighted by Gasteiger charge is 2.44. The molecular weight excluding hydrogens is 1310 g/mol. The van der Waals surface area contributed by atoms with Crippen LogP contribution in [-0.4, -0.2) is 283 Å². The Balaban J connectivity index is 1.65. The van der Waals surface area contributed by atoms with Gasteiger partial charge in [-0.05, 0) is 119 Å². The molecular formula is C63H102N18O19. The fourth-order valence-electron chi connectivity index (χ4n) is 12.2. The summed E-state index contributed by atoms with van der Waals surface area (Å²) >= 11 is 0. The third-order valence-electron chi connectivity index (χ3n) is 17.8. The van der Waals surface area contributed by atoms with E-state index in [1.54, 1.807) is 32.6 Å². The molecule has 3 aliphatic rings. The number of phenolic OH excluding ortho intramolecular Hbond substituents is 1. The topological polar surface area (TPSA) is 575 Å². The molecule has 1 aromatic rings. The van der Waals surface area contributed by atoms with E-state index in [-0.39, 0.29) is 153 Å². The number of hydrogen-bond acceptors (Lipinski definition) is 19. The lowest BCUT2D eigenvalue weighted by molar-refractivity contribution is -0.144. The summed E-state index contributed by atoms with van der Waals surface area (Å²) < 4.78 is 0. The second-order valence-electron chi connectivity index (χ2n) is 25.8. The number of imide groups is 1. The van der Waals surface area contributed by atoms with E-state index < -0.39 is 170 Å². The Morgan fingerprint density at radius 1 is 0.610 bits per heavy atom. The van der Waals surface area contributed by atoms with Crippen LogP contribution in [0.3, 0.4) is 0 Å². The van der Waals surface area contributed by atoms with Crippen molar-refractivity contribution in [1.82, 2.24) is 61.3 Å². The molecule has 0 spiro atoms. The SMILES string of the molecule is CC[C@H](C)[C@H](NC(=O)[C@H](Cc1ccc(O)cc1)NC(=O)[C@@H]1CCCN1C(=O)[C@H](CCCN=C(N)N)NC(=O)[C@@H](NC(=O)[C@@H]1CCCN1C(=O)[C@@H](CCCCN)NC(=O)N(CCN(CCN(CC(=O)O)CC(=O)O)CC(=O)O)C(=O)O)C1CCN(C(=N)N)CC1)C(=O)N[C@@H](CC(C)C)C(=O)O. The minimum atomic E-state index is -1.80. The number of benzene rings is 1. The van der Waals surface area contributed by atoms with Gasteiger partial charge in [-0.25, -0.2) is 19.3 Å². The molecule has 0 aromatic heterocycles. The number of piperidine rings is 1. The summed E-state index contributed by atoms with van der Waals surface area (Å²) in [5.41, 5.74) is 23.4. The van der Waals surface area contributed by atoms with Crippen molar-refractivity contribution >= 4 is 89.3 Å². The van der Waals surface area contributed by atoms with E-state index in [1.807, 2.05) is 0 Å². The zero-order valence-corrected chi connectivity index (χ0v) is 57.2. The predicted octanol–water partition coefficient (Wildman–Crippen LogP) is -2.78. The number of amides is 10. The number of nitrogens with zero attached hydrogens (tertiary/aromatic N) is 7. The van der Waals surface area contributed by atoms with Gasteiger partial charge in [0.1, 0.15) is 54.1 Å². The van der Waals surface area contributed by atoms with Crippen molar-refractivity contribution in [2.45, 2.75) is 166 Å². The first-order valence-electron chi connectivity index (χ1n) is 33.6. The number of carboxylic acids is 4. The lowest BCUT2D eigenvalue weighted by Gasteiger charge is -2.37. The summed E-state index contributed by atoms with van der Waals surface area (Å²) in [7, 11) is 0. The molecule has 0 unspecified atom stereocenters. The number of unbranched alkanes of at least 4 members (excludes halogenated alkanes) is 1. The molecule has 3 saturated heterocycles. The maximum Gasteiger partial charge on any atom is 0.415 e. The number of phenols is 1. The van der Waals surface area contributed by atoms with E-state index in [9.17, 15) is 83.4 Å². The molecule has 0 bridgehead atoms. The van der Waals surface area contributed by atoms with Gasteiger partial charge in [-0.2, -0.15) is 0 Å². The maximum absolute atomic E-state index is 15.1. The van der Waals surface area contributed by atoms with Crippen LogP contribution in [0.1, 0.15) is 117 Å². The molecule has 37 heteroatoms. The zero-order valence-electron chi connectivity index (χ0n) is 57.2. The summed E-state index contributed by atoms with van der Waals surface area (Å²) in [4.78, 5) is 187. The van der Waals surface area contributed by atoms with Gasteiger partial charge in [0.15, 0.2) is 11.9 Å². The standard InChI is InChI=1S/C63H102N18O19/c1-5-37(4)50(55(92)72-44(59(96)97)31-36(2)3)74-52(89)43(32-38-15-17-40(82)18-16-38)71-53(90)45-13-9-23-79(45)57(94)41(12-8-22-69-60(65)66)70-56(93)51(39-19-25-78(26-20-39)61(67)68)75-54(91)46-14-10-24-80(46)58(95)42(11-6-7-21-64)73-62(98)81(63(99)100)30-29-76(33-47(83)84)27-28-77(34-48(85)86)35-49(87)88/h15-18,36-37,39,41-46,50-51,82H,5-14,19-35,64H2,1-4H3,(H3,67,68)(H,70,93)(H,71,90)(H,72,92)(H,73,98)(H,74,89)(H,75,91)(H,83,84)(H,85,86)(H,87,88)(H,96,97)(H,99,100)(H4,65,66,69)/t37-,41-,42+,43-,44-,45-,46-,50-,51-/m0/s1. The first-order chi connectivity index (χ1) is 47.2. The van der Waals surface area contributed by atoms with Crippen molar-refractivity contribution in [3.8, 4) is 5.75 Å². The van der Waals surface area contributed by atoms with Crippen molar-refractivity contribution in [2.75, 3.05) is 85.1 Å². The molecule has 4 rings (SSSR count). The number of carbonyl (C=O) groups excluding carboxylic acids is 8. The van der Waals surface area contributed by atoms with Crippen LogP contribution < -0.4 is 54.8 Å². The Morgan fingerprint density at radius 2 is 1.13 bits per heavy atom. The Morgan fingerprint density at radius 3 is 1.64 bits per heavy atom. The van der Waals surface area contributed by atoms with Gasteiger partial charge < -0.3 is 100 Å². The van der Waals surface area contributed by atoms with Crippen LogP contribution in [0.15, 0.2) is 29.3 Å². The van der Waals surface area contributed by atoms with Crippen LogP contribution in [0, 0.1) is 23.2 Å². The van der Waals surface area contributed by atoms with Gasteiger partial charge in [0.25, 0.3) is 0 Å². The van der Waals surface area contributed by atoms with Crippen molar-refractivity contribution < 1.29 is 93.0 Å². The fourth-order valence-corrected chi connectivity index (χ4v) is 12.2.